The molecule has 1 aromatic heterocycles. The van der Waals surface area contributed by atoms with E-state index in [1.54, 1.807) is 39.9 Å². The molecule has 5 nitrogen and oxygen atoms in total. The Bertz CT molecular complexity index is 1190. The molecule has 0 bridgehead atoms. The average Bonchev–Trinajstić information content (AvgIpc) is 3.59. The molecule has 0 unspecified atom stereocenters. The largest absolute Gasteiger partial charge is 0.332 e. The molecule has 34 heavy (non-hydrogen) atoms. The molecule has 1 aliphatic heterocycles. The zero-order valence-corrected chi connectivity index (χ0v) is 19.5. The van der Waals surface area contributed by atoms with Crippen LogP contribution in [0.3, 0.4) is 0 Å². The molecule has 178 valence electrons. The number of carbonyl (C=O) groups is 1. The summed E-state index contributed by atoms with van der Waals surface area (Å²) in [6.45, 7) is 5.60. The summed E-state index contributed by atoms with van der Waals surface area (Å²) in [5, 5.41) is 4.85. The number of rotatable bonds is 8. The first-order chi connectivity index (χ1) is 16.5. The van der Waals surface area contributed by atoms with Gasteiger partial charge in [-0.3, -0.25) is 9.69 Å². The lowest BCUT2D eigenvalue weighted by molar-refractivity contribution is 0.0727. The van der Waals surface area contributed by atoms with Crippen LogP contribution in [0.25, 0.3) is 5.69 Å². The predicted molar refractivity (Wildman–Crippen MR) is 127 cm³/mol. The van der Waals surface area contributed by atoms with Crippen LogP contribution in [0, 0.1) is 17.6 Å². The van der Waals surface area contributed by atoms with E-state index in [1.165, 1.54) is 18.2 Å². The summed E-state index contributed by atoms with van der Waals surface area (Å²) >= 11 is 0. The highest BCUT2D eigenvalue weighted by molar-refractivity contribution is 5.94. The van der Waals surface area contributed by atoms with Crippen LogP contribution in [0.2, 0.25) is 0 Å². The van der Waals surface area contributed by atoms with Gasteiger partial charge in [0.05, 0.1) is 23.5 Å². The monoisotopic (exact) mass is 464 g/mol. The third kappa shape index (κ3) is 4.62. The summed E-state index contributed by atoms with van der Waals surface area (Å²) in [7, 11) is 0. The van der Waals surface area contributed by atoms with E-state index in [0.29, 0.717) is 18.2 Å². The van der Waals surface area contributed by atoms with Crippen molar-refractivity contribution in [2.24, 2.45) is 5.92 Å². The van der Waals surface area contributed by atoms with E-state index in [9.17, 15) is 13.6 Å². The van der Waals surface area contributed by atoms with Crippen molar-refractivity contribution in [1.29, 1.82) is 0 Å². The first-order valence-electron chi connectivity index (χ1n) is 12.2. The van der Waals surface area contributed by atoms with E-state index >= 15 is 0 Å². The lowest BCUT2D eigenvalue weighted by Crippen LogP contribution is -2.35. The van der Waals surface area contributed by atoms with E-state index in [-0.39, 0.29) is 23.8 Å². The van der Waals surface area contributed by atoms with Crippen molar-refractivity contribution in [2.45, 2.75) is 45.7 Å². The molecule has 0 saturated heterocycles. The smallest absolute Gasteiger partial charge is 0.257 e. The maximum absolute atomic E-state index is 14.7. The SMILES string of the molecule is CCCN1CCc2c(c(CN(CC3CC3)C(=O)c3ccccc3F)nn2-c2ccccc2F)C1. The fourth-order valence-corrected chi connectivity index (χ4v) is 4.82. The summed E-state index contributed by atoms with van der Waals surface area (Å²) < 4.78 is 30.9. The number of hydrogen-bond acceptors (Lipinski definition) is 3. The lowest BCUT2D eigenvalue weighted by Gasteiger charge is -2.28. The summed E-state index contributed by atoms with van der Waals surface area (Å²) in [6.07, 6.45) is 3.96. The Morgan fingerprint density at radius 3 is 2.53 bits per heavy atom. The zero-order chi connectivity index (χ0) is 23.7. The fourth-order valence-electron chi connectivity index (χ4n) is 4.82. The van der Waals surface area contributed by atoms with Crippen LogP contribution in [-0.2, 0) is 19.5 Å². The lowest BCUT2D eigenvalue weighted by atomic mass is 10.0. The molecule has 0 atom stereocenters. The van der Waals surface area contributed by atoms with Crippen LogP contribution in [0.5, 0.6) is 0 Å². The van der Waals surface area contributed by atoms with Gasteiger partial charge in [-0.15, -0.1) is 0 Å². The van der Waals surface area contributed by atoms with Gasteiger partial charge in [0.25, 0.3) is 5.91 Å². The van der Waals surface area contributed by atoms with Crippen LogP contribution in [0.4, 0.5) is 8.78 Å². The molecule has 5 rings (SSSR count). The van der Waals surface area contributed by atoms with E-state index in [4.69, 9.17) is 5.10 Å². The van der Waals surface area contributed by atoms with Gasteiger partial charge < -0.3 is 4.90 Å². The maximum Gasteiger partial charge on any atom is 0.257 e. The Kier molecular flexibility index (Phi) is 6.46. The first kappa shape index (κ1) is 22.7. The molecule has 1 amide bonds. The van der Waals surface area contributed by atoms with Gasteiger partial charge in [0.2, 0.25) is 0 Å². The zero-order valence-electron chi connectivity index (χ0n) is 19.5. The summed E-state index contributed by atoms with van der Waals surface area (Å²) in [6, 6.07) is 12.8. The standard InChI is InChI=1S/C27H30F2N4O/c1-2-14-31-15-13-25-21(17-31)24(30-33(25)26-10-6-5-9-23(26)29)18-32(16-19-11-12-19)27(34)20-7-3-4-8-22(20)28/h3-10,19H,2,11-18H2,1H3. The van der Waals surface area contributed by atoms with Crippen molar-refractivity contribution in [3.05, 3.63) is 82.7 Å². The molecular formula is C27H30F2N4O. The molecule has 0 N–H and O–H groups in total. The minimum absolute atomic E-state index is 0.0816. The third-order valence-electron chi connectivity index (χ3n) is 6.75. The number of benzene rings is 2. The Hall–Kier alpha value is -3.06. The van der Waals surface area contributed by atoms with Gasteiger partial charge in [-0.05, 0) is 56.0 Å². The average molecular weight is 465 g/mol. The van der Waals surface area contributed by atoms with Gasteiger partial charge >= 0.3 is 0 Å². The molecule has 2 heterocycles. The van der Waals surface area contributed by atoms with Gasteiger partial charge in [0.1, 0.15) is 17.3 Å². The number of aromatic nitrogens is 2. The number of hydrogen-bond donors (Lipinski definition) is 0. The highest BCUT2D eigenvalue weighted by Crippen LogP contribution is 2.32. The van der Waals surface area contributed by atoms with Crippen molar-refractivity contribution in [3.8, 4) is 5.69 Å². The number of carbonyl (C=O) groups excluding carboxylic acids is 1. The number of amides is 1. The predicted octanol–water partition coefficient (Wildman–Crippen LogP) is 4.97. The highest BCUT2D eigenvalue weighted by atomic mass is 19.1. The molecule has 1 saturated carbocycles. The Morgan fingerprint density at radius 1 is 1.09 bits per heavy atom. The highest BCUT2D eigenvalue weighted by Gasteiger charge is 2.32. The van der Waals surface area contributed by atoms with Crippen molar-refractivity contribution in [3.63, 3.8) is 0 Å². The van der Waals surface area contributed by atoms with Crippen molar-refractivity contribution in [1.82, 2.24) is 19.6 Å². The van der Waals surface area contributed by atoms with Crippen molar-refractivity contribution >= 4 is 5.91 Å². The Labute approximate surface area is 199 Å². The second kappa shape index (κ2) is 9.66. The van der Waals surface area contributed by atoms with Crippen LogP contribution >= 0.6 is 0 Å². The van der Waals surface area contributed by atoms with E-state index < -0.39 is 5.82 Å². The van der Waals surface area contributed by atoms with Crippen LogP contribution in [0.1, 0.15) is 53.5 Å². The molecule has 3 aromatic rings. The molecule has 2 aliphatic rings. The maximum atomic E-state index is 14.7. The second-order valence-corrected chi connectivity index (χ2v) is 9.37. The summed E-state index contributed by atoms with van der Waals surface area (Å²) in [4.78, 5) is 17.5. The number of nitrogens with zero attached hydrogens (tertiary/aromatic N) is 4. The number of para-hydroxylation sites is 1. The third-order valence-corrected chi connectivity index (χ3v) is 6.75. The van der Waals surface area contributed by atoms with Gasteiger partial charge in [-0.2, -0.15) is 5.10 Å². The minimum atomic E-state index is -0.513. The van der Waals surface area contributed by atoms with E-state index in [0.717, 1.165) is 62.3 Å². The fraction of sp³-hybridized carbons (Fsp3) is 0.407. The molecule has 7 heteroatoms. The molecular weight excluding hydrogens is 434 g/mol. The van der Waals surface area contributed by atoms with Gasteiger partial charge in [0, 0.05) is 31.6 Å². The Morgan fingerprint density at radius 2 is 1.82 bits per heavy atom. The summed E-state index contributed by atoms with van der Waals surface area (Å²) in [5.41, 5.74) is 3.33. The minimum Gasteiger partial charge on any atom is -0.332 e. The number of halogens is 2. The topological polar surface area (TPSA) is 41.4 Å². The van der Waals surface area contributed by atoms with Gasteiger partial charge in [-0.25, -0.2) is 13.5 Å². The van der Waals surface area contributed by atoms with Crippen LogP contribution in [-0.4, -0.2) is 45.1 Å². The van der Waals surface area contributed by atoms with Gasteiger partial charge in [0.15, 0.2) is 0 Å². The van der Waals surface area contributed by atoms with E-state index in [2.05, 4.69) is 11.8 Å². The molecule has 0 radical (unpaired) electrons. The van der Waals surface area contributed by atoms with Crippen LogP contribution in [0.15, 0.2) is 48.5 Å². The van der Waals surface area contributed by atoms with Crippen molar-refractivity contribution in [2.75, 3.05) is 19.6 Å². The normalized spacial score (nSPS) is 15.9. The van der Waals surface area contributed by atoms with Crippen molar-refractivity contribution < 1.29 is 13.6 Å². The quantitative estimate of drug-likeness (QED) is 0.473. The second-order valence-electron chi connectivity index (χ2n) is 9.37. The number of fused-ring (bicyclic) bond motifs is 1. The molecule has 2 aromatic carbocycles. The van der Waals surface area contributed by atoms with Crippen LogP contribution < -0.4 is 0 Å². The van der Waals surface area contributed by atoms with E-state index in [1.807, 2.05) is 0 Å². The molecule has 0 spiro atoms. The summed E-state index contributed by atoms with van der Waals surface area (Å²) in [5.74, 6) is -0.717. The molecule has 1 fully saturated rings. The molecule has 1 aliphatic carbocycles. The first-order valence-corrected chi connectivity index (χ1v) is 12.2. The van der Waals surface area contributed by atoms with Gasteiger partial charge in [-0.1, -0.05) is 31.2 Å². The Balaban J connectivity index is 1.53.